The number of thiazole rings is 1. The summed E-state index contributed by atoms with van der Waals surface area (Å²) in [6.07, 6.45) is 3.64. The Morgan fingerprint density at radius 3 is 2.54 bits per heavy atom. The fourth-order valence-electron chi connectivity index (χ4n) is 4.94. The summed E-state index contributed by atoms with van der Waals surface area (Å²) >= 11 is 1.50. The molecule has 1 saturated heterocycles. The Kier molecular flexibility index (Phi) is 6.61. The summed E-state index contributed by atoms with van der Waals surface area (Å²) in [5.41, 5.74) is 1.43. The molecule has 1 aliphatic rings. The van der Waals surface area contributed by atoms with Crippen molar-refractivity contribution in [1.82, 2.24) is 8.87 Å². The number of carbonyl (C=O) groups is 1. The van der Waals surface area contributed by atoms with Crippen LogP contribution in [0.5, 0.6) is 0 Å². The SMILES string of the molecule is CCC1CCCCN1S(=O)(=O)c1ccc(C(=O)N=c2sc3c4ccccc4ccc3n2CC)cc1. The standard InChI is InChI=1S/C27H29N3O3S2/c1-3-21-10-7-8-18-30(21)35(32,33)22-15-12-20(13-16-22)26(31)28-27-29(4-2)24-17-14-19-9-5-6-11-23(19)25(24)34-27/h5-6,9,11-17,21H,3-4,7-8,10,18H2,1-2H3. The molecule has 8 heteroatoms. The second-order valence-corrected chi connectivity index (χ2v) is 11.7. The zero-order valence-electron chi connectivity index (χ0n) is 20.0. The van der Waals surface area contributed by atoms with Gasteiger partial charge in [-0.15, -0.1) is 0 Å². The molecular weight excluding hydrogens is 478 g/mol. The van der Waals surface area contributed by atoms with Crippen molar-refractivity contribution in [1.29, 1.82) is 0 Å². The van der Waals surface area contributed by atoms with Gasteiger partial charge in [-0.2, -0.15) is 9.30 Å². The zero-order chi connectivity index (χ0) is 24.6. The molecule has 5 rings (SSSR count). The van der Waals surface area contributed by atoms with E-state index >= 15 is 0 Å². The van der Waals surface area contributed by atoms with E-state index in [0.29, 0.717) is 23.5 Å². The van der Waals surface area contributed by atoms with Gasteiger partial charge in [0.15, 0.2) is 4.80 Å². The van der Waals surface area contributed by atoms with E-state index in [2.05, 4.69) is 29.3 Å². The first kappa shape index (κ1) is 23.9. The van der Waals surface area contributed by atoms with Crippen LogP contribution in [0.4, 0.5) is 0 Å². The molecule has 1 unspecified atom stereocenters. The lowest BCUT2D eigenvalue weighted by atomic mass is 10.0. The number of aryl methyl sites for hydroxylation is 1. The summed E-state index contributed by atoms with van der Waals surface area (Å²) in [5.74, 6) is -0.378. The number of sulfonamides is 1. The highest BCUT2D eigenvalue weighted by atomic mass is 32.2. The lowest BCUT2D eigenvalue weighted by Gasteiger charge is -2.34. The van der Waals surface area contributed by atoms with E-state index in [1.807, 2.05) is 30.5 Å². The van der Waals surface area contributed by atoms with Crippen molar-refractivity contribution in [3.63, 3.8) is 0 Å². The lowest BCUT2D eigenvalue weighted by Crippen LogP contribution is -2.43. The average molecular weight is 508 g/mol. The molecule has 0 radical (unpaired) electrons. The van der Waals surface area contributed by atoms with Gasteiger partial charge in [-0.05, 0) is 61.9 Å². The van der Waals surface area contributed by atoms with Gasteiger partial charge < -0.3 is 4.57 Å². The van der Waals surface area contributed by atoms with E-state index < -0.39 is 10.0 Å². The molecule has 0 N–H and O–H groups in total. The molecule has 2 heterocycles. The maximum atomic E-state index is 13.2. The first-order valence-electron chi connectivity index (χ1n) is 12.2. The summed E-state index contributed by atoms with van der Waals surface area (Å²) in [6.45, 7) is 5.31. The lowest BCUT2D eigenvalue weighted by molar-refractivity contribution is 0.0997. The number of benzene rings is 3. The molecule has 0 bridgehead atoms. The van der Waals surface area contributed by atoms with Gasteiger partial charge >= 0.3 is 0 Å². The van der Waals surface area contributed by atoms with E-state index in [4.69, 9.17) is 0 Å². The summed E-state index contributed by atoms with van der Waals surface area (Å²) in [7, 11) is -3.58. The summed E-state index contributed by atoms with van der Waals surface area (Å²) < 4.78 is 31.2. The molecule has 182 valence electrons. The van der Waals surface area contributed by atoms with Crippen molar-refractivity contribution in [3.8, 4) is 0 Å². The third-order valence-corrected chi connectivity index (χ3v) is 9.93. The van der Waals surface area contributed by atoms with Crippen LogP contribution < -0.4 is 4.80 Å². The minimum absolute atomic E-state index is 0.0404. The molecule has 1 amide bonds. The third kappa shape index (κ3) is 4.35. The average Bonchev–Trinajstić information content (AvgIpc) is 3.26. The quantitative estimate of drug-likeness (QED) is 0.355. The second-order valence-electron chi connectivity index (χ2n) is 8.88. The fraction of sp³-hybridized carbons (Fsp3) is 0.333. The topological polar surface area (TPSA) is 71.7 Å². The van der Waals surface area contributed by atoms with Crippen LogP contribution >= 0.6 is 11.3 Å². The van der Waals surface area contributed by atoms with Gasteiger partial charge in [0.25, 0.3) is 5.91 Å². The summed E-state index contributed by atoms with van der Waals surface area (Å²) in [4.78, 5) is 18.4. The number of amides is 1. The molecule has 1 fully saturated rings. The molecule has 0 saturated carbocycles. The van der Waals surface area contributed by atoms with Crippen molar-refractivity contribution >= 4 is 48.3 Å². The minimum atomic E-state index is -3.58. The van der Waals surface area contributed by atoms with Gasteiger partial charge in [-0.1, -0.05) is 55.0 Å². The molecule has 0 spiro atoms. The number of nitrogens with zero attached hydrogens (tertiary/aromatic N) is 3. The Hall–Kier alpha value is -2.81. The molecular formula is C27H29N3O3S2. The number of rotatable bonds is 5. The first-order valence-corrected chi connectivity index (χ1v) is 14.4. The van der Waals surface area contributed by atoms with Crippen molar-refractivity contribution < 1.29 is 13.2 Å². The molecule has 35 heavy (non-hydrogen) atoms. The van der Waals surface area contributed by atoms with Crippen LogP contribution in [0.15, 0.2) is 70.6 Å². The number of aromatic nitrogens is 1. The van der Waals surface area contributed by atoms with Crippen LogP contribution in [-0.4, -0.2) is 35.8 Å². The predicted octanol–water partition coefficient (Wildman–Crippen LogP) is 5.57. The Balaban J connectivity index is 1.48. The normalized spacial score (nSPS) is 17.9. The van der Waals surface area contributed by atoms with Gasteiger partial charge in [0.2, 0.25) is 10.0 Å². The van der Waals surface area contributed by atoms with Crippen LogP contribution in [0.3, 0.4) is 0 Å². The van der Waals surface area contributed by atoms with E-state index in [-0.39, 0.29) is 16.8 Å². The molecule has 1 aromatic heterocycles. The van der Waals surface area contributed by atoms with Gasteiger partial charge in [0.05, 0.1) is 15.1 Å². The smallest absolute Gasteiger partial charge is 0.279 e. The maximum Gasteiger partial charge on any atom is 0.279 e. The highest BCUT2D eigenvalue weighted by Gasteiger charge is 2.32. The number of carbonyl (C=O) groups excluding carboxylic acids is 1. The van der Waals surface area contributed by atoms with Crippen molar-refractivity contribution in [2.75, 3.05) is 6.54 Å². The second kappa shape index (κ2) is 9.68. The number of fused-ring (bicyclic) bond motifs is 3. The Morgan fingerprint density at radius 1 is 1.03 bits per heavy atom. The van der Waals surface area contributed by atoms with Gasteiger partial charge in [-0.3, -0.25) is 4.79 Å². The highest BCUT2D eigenvalue weighted by Crippen LogP contribution is 2.29. The molecule has 6 nitrogen and oxygen atoms in total. The van der Waals surface area contributed by atoms with Crippen LogP contribution in [0.2, 0.25) is 0 Å². The van der Waals surface area contributed by atoms with Crippen LogP contribution in [-0.2, 0) is 16.6 Å². The van der Waals surface area contributed by atoms with Crippen molar-refractivity contribution in [2.24, 2.45) is 4.99 Å². The maximum absolute atomic E-state index is 13.2. The van der Waals surface area contributed by atoms with Crippen molar-refractivity contribution in [3.05, 3.63) is 71.0 Å². The van der Waals surface area contributed by atoms with E-state index in [1.165, 1.54) is 23.5 Å². The highest BCUT2D eigenvalue weighted by molar-refractivity contribution is 7.89. The van der Waals surface area contributed by atoms with Crippen LogP contribution in [0.25, 0.3) is 21.0 Å². The van der Waals surface area contributed by atoms with Gasteiger partial charge in [0.1, 0.15) is 0 Å². The van der Waals surface area contributed by atoms with Crippen molar-refractivity contribution in [2.45, 2.75) is 57.0 Å². The summed E-state index contributed by atoms with van der Waals surface area (Å²) in [5, 5.41) is 2.29. The predicted molar refractivity (Wildman–Crippen MR) is 141 cm³/mol. The third-order valence-electron chi connectivity index (χ3n) is 6.84. The summed E-state index contributed by atoms with van der Waals surface area (Å²) in [6, 6.07) is 18.6. The number of piperidine rings is 1. The van der Waals surface area contributed by atoms with Crippen LogP contribution in [0.1, 0.15) is 49.9 Å². The Labute approximate surface area is 209 Å². The van der Waals surface area contributed by atoms with Crippen LogP contribution in [0, 0.1) is 0 Å². The van der Waals surface area contributed by atoms with E-state index in [1.54, 1.807) is 16.4 Å². The fourth-order valence-corrected chi connectivity index (χ4v) is 7.94. The molecule has 1 aliphatic heterocycles. The number of hydrogen-bond acceptors (Lipinski definition) is 4. The van der Waals surface area contributed by atoms with E-state index in [9.17, 15) is 13.2 Å². The molecule has 0 aliphatic carbocycles. The van der Waals surface area contributed by atoms with Gasteiger partial charge in [-0.25, -0.2) is 8.42 Å². The first-order chi connectivity index (χ1) is 16.9. The van der Waals surface area contributed by atoms with E-state index in [0.717, 1.165) is 46.7 Å². The Bertz CT molecular complexity index is 1570. The largest absolute Gasteiger partial charge is 0.317 e. The molecule has 1 atom stereocenters. The monoisotopic (exact) mass is 507 g/mol. The minimum Gasteiger partial charge on any atom is -0.317 e. The van der Waals surface area contributed by atoms with Gasteiger partial charge in [0, 0.05) is 30.1 Å². The molecule has 3 aromatic carbocycles. The molecule has 4 aromatic rings. The Morgan fingerprint density at radius 2 is 1.80 bits per heavy atom. The zero-order valence-corrected chi connectivity index (χ0v) is 21.6. The number of hydrogen-bond donors (Lipinski definition) is 0.